The predicted molar refractivity (Wildman–Crippen MR) is 103 cm³/mol. The number of para-hydroxylation sites is 1. The third-order valence-electron chi connectivity index (χ3n) is 3.76. The number of aromatic nitrogens is 2. The number of nitrogens with one attached hydrogen (secondary N) is 2. The number of pyridine rings is 1. The molecule has 2 N–H and O–H groups in total. The van der Waals surface area contributed by atoms with Crippen molar-refractivity contribution in [2.24, 2.45) is 0 Å². The molecule has 24 heavy (non-hydrogen) atoms. The second-order valence-electron chi connectivity index (χ2n) is 6.15. The zero-order chi connectivity index (χ0) is 16.8. The normalized spacial score (nSPS) is 12.1. The van der Waals surface area contributed by atoms with Crippen molar-refractivity contribution < 1.29 is 0 Å². The van der Waals surface area contributed by atoms with Gasteiger partial charge in [0.1, 0.15) is 0 Å². The molecule has 3 rings (SSSR count). The molecule has 3 aromatic rings. The van der Waals surface area contributed by atoms with Gasteiger partial charge in [-0.15, -0.1) is 0 Å². The number of aromatic amines is 1. The molecule has 0 amide bonds. The summed E-state index contributed by atoms with van der Waals surface area (Å²) in [5.41, 5.74) is 4.49. The summed E-state index contributed by atoms with van der Waals surface area (Å²) in [5, 5.41) is 4.62. The van der Waals surface area contributed by atoms with Crippen LogP contribution in [-0.4, -0.2) is 16.0 Å². The van der Waals surface area contributed by atoms with E-state index in [0.29, 0.717) is 6.04 Å². The van der Waals surface area contributed by atoms with E-state index < -0.39 is 0 Å². The largest absolute Gasteiger partial charge is 0.355 e. The average molecular weight is 317 g/mol. The minimum Gasteiger partial charge on any atom is -0.355 e. The standard InChI is InChI=1S/C21H23N3/c1-16(2)23-15-20-13-17(11-12-22-20)7-3-5-9-19-14-18-8-4-6-10-21(18)24-19/h3-14,16,23-24H,15H2,1-2H3/b7-3+,9-5+. The van der Waals surface area contributed by atoms with Crippen LogP contribution in [0.2, 0.25) is 0 Å². The van der Waals surface area contributed by atoms with Gasteiger partial charge in [0.25, 0.3) is 0 Å². The van der Waals surface area contributed by atoms with Crippen LogP contribution in [0.25, 0.3) is 23.1 Å². The number of fused-ring (bicyclic) bond motifs is 1. The van der Waals surface area contributed by atoms with E-state index in [1.807, 2.05) is 18.3 Å². The van der Waals surface area contributed by atoms with Crippen molar-refractivity contribution in [3.63, 3.8) is 0 Å². The molecule has 0 fully saturated rings. The number of H-pyrrole nitrogens is 1. The summed E-state index contributed by atoms with van der Waals surface area (Å²) in [6.07, 6.45) is 10.1. The summed E-state index contributed by atoms with van der Waals surface area (Å²) in [5.74, 6) is 0. The molecule has 0 saturated carbocycles. The van der Waals surface area contributed by atoms with Gasteiger partial charge in [-0.3, -0.25) is 4.98 Å². The van der Waals surface area contributed by atoms with Gasteiger partial charge in [-0.1, -0.05) is 50.3 Å². The summed E-state index contributed by atoms with van der Waals surface area (Å²) < 4.78 is 0. The topological polar surface area (TPSA) is 40.7 Å². The van der Waals surface area contributed by atoms with Gasteiger partial charge in [0, 0.05) is 30.0 Å². The van der Waals surface area contributed by atoms with Gasteiger partial charge in [-0.25, -0.2) is 0 Å². The van der Waals surface area contributed by atoms with Crippen LogP contribution in [0.3, 0.4) is 0 Å². The number of hydrogen-bond donors (Lipinski definition) is 2. The minimum absolute atomic E-state index is 0.463. The number of nitrogens with zero attached hydrogens (tertiary/aromatic N) is 1. The Labute approximate surface area is 143 Å². The molecule has 0 spiro atoms. The zero-order valence-corrected chi connectivity index (χ0v) is 14.2. The second kappa shape index (κ2) is 7.75. The van der Waals surface area contributed by atoms with Gasteiger partial charge in [-0.05, 0) is 41.3 Å². The van der Waals surface area contributed by atoms with Crippen molar-refractivity contribution >= 4 is 23.1 Å². The number of hydrogen-bond acceptors (Lipinski definition) is 2. The number of allylic oxidation sites excluding steroid dienone is 2. The van der Waals surface area contributed by atoms with Crippen molar-refractivity contribution in [1.82, 2.24) is 15.3 Å². The van der Waals surface area contributed by atoms with Crippen molar-refractivity contribution in [3.8, 4) is 0 Å². The molecular weight excluding hydrogens is 294 g/mol. The fraction of sp³-hybridized carbons (Fsp3) is 0.190. The molecule has 0 bridgehead atoms. The van der Waals surface area contributed by atoms with Crippen LogP contribution in [0.15, 0.2) is 60.8 Å². The van der Waals surface area contributed by atoms with Crippen LogP contribution in [0.1, 0.15) is 30.8 Å². The van der Waals surface area contributed by atoms with Gasteiger partial charge < -0.3 is 10.3 Å². The lowest BCUT2D eigenvalue weighted by Gasteiger charge is -2.07. The van der Waals surface area contributed by atoms with E-state index in [1.165, 1.54) is 5.39 Å². The van der Waals surface area contributed by atoms with E-state index in [1.54, 1.807) is 0 Å². The van der Waals surface area contributed by atoms with E-state index in [4.69, 9.17) is 0 Å². The molecule has 3 nitrogen and oxygen atoms in total. The Morgan fingerprint density at radius 1 is 1.08 bits per heavy atom. The van der Waals surface area contributed by atoms with Gasteiger partial charge in [0.15, 0.2) is 0 Å². The first kappa shape index (κ1) is 16.2. The molecule has 0 unspecified atom stereocenters. The Morgan fingerprint density at radius 2 is 1.92 bits per heavy atom. The maximum atomic E-state index is 4.39. The van der Waals surface area contributed by atoms with Crippen LogP contribution in [-0.2, 0) is 6.54 Å². The highest BCUT2D eigenvalue weighted by atomic mass is 14.9. The Morgan fingerprint density at radius 3 is 2.75 bits per heavy atom. The van der Waals surface area contributed by atoms with Crippen LogP contribution >= 0.6 is 0 Å². The quantitative estimate of drug-likeness (QED) is 0.642. The number of rotatable bonds is 6. The predicted octanol–water partition coefficient (Wildman–Crippen LogP) is 4.79. The first-order valence-electron chi connectivity index (χ1n) is 8.31. The van der Waals surface area contributed by atoms with E-state index in [0.717, 1.165) is 29.0 Å². The van der Waals surface area contributed by atoms with Crippen molar-refractivity contribution in [3.05, 3.63) is 77.8 Å². The maximum Gasteiger partial charge on any atom is 0.0547 e. The molecule has 0 atom stereocenters. The molecule has 1 aromatic carbocycles. The molecule has 2 heterocycles. The summed E-state index contributed by atoms with van der Waals surface area (Å²) in [6, 6.07) is 15.1. The first-order chi connectivity index (χ1) is 11.7. The van der Waals surface area contributed by atoms with E-state index in [9.17, 15) is 0 Å². The lowest BCUT2D eigenvalue weighted by atomic mass is 10.2. The summed E-state index contributed by atoms with van der Waals surface area (Å²) in [4.78, 5) is 7.78. The molecule has 0 aliphatic carbocycles. The highest BCUT2D eigenvalue weighted by Gasteiger charge is 1.97. The van der Waals surface area contributed by atoms with Gasteiger partial charge in [0.05, 0.1) is 5.69 Å². The van der Waals surface area contributed by atoms with Crippen LogP contribution in [0.4, 0.5) is 0 Å². The van der Waals surface area contributed by atoms with Gasteiger partial charge in [0.2, 0.25) is 0 Å². The Bertz CT molecular complexity index is 823. The summed E-state index contributed by atoms with van der Waals surface area (Å²) >= 11 is 0. The van der Waals surface area contributed by atoms with Crippen molar-refractivity contribution in [2.45, 2.75) is 26.4 Å². The second-order valence-corrected chi connectivity index (χ2v) is 6.15. The SMILES string of the molecule is CC(C)NCc1cc(/C=C/C=C/c2cc3ccccc3[nH]2)ccn1. The lowest BCUT2D eigenvalue weighted by Crippen LogP contribution is -2.22. The Hall–Kier alpha value is -2.65. The summed E-state index contributed by atoms with van der Waals surface area (Å²) in [6.45, 7) is 5.07. The van der Waals surface area contributed by atoms with Crippen LogP contribution < -0.4 is 5.32 Å². The molecule has 0 aliphatic heterocycles. The molecule has 0 saturated heterocycles. The maximum absolute atomic E-state index is 4.39. The van der Waals surface area contributed by atoms with E-state index >= 15 is 0 Å². The fourth-order valence-corrected chi connectivity index (χ4v) is 2.52. The van der Waals surface area contributed by atoms with Crippen molar-refractivity contribution in [1.29, 1.82) is 0 Å². The van der Waals surface area contributed by atoms with Gasteiger partial charge in [-0.2, -0.15) is 0 Å². The zero-order valence-electron chi connectivity index (χ0n) is 14.2. The highest BCUT2D eigenvalue weighted by molar-refractivity contribution is 5.82. The third kappa shape index (κ3) is 4.43. The average Bonchev–Trinajstić information content (AvgIpc) is 3.00. The van der Waals surface area contributed by atoms with Crippen molar-refractivity contribution in [2.75, 3.05) is 0 Å². The van der Waals surface area contributed by atoms with Gasteiger partial charge >= 0.3 is 0 Å². The molecule has 122 valence electrons. The minimum atomic E-state index is 0.463. The first-order valence-corrected chi connectivity index (χ1v) is 8.31. The van der Waals surface area contributed by atoms with E-state index in [-0.39, 0.29) is 0 Å². The monoisotopic (exact) mass is 317 g/mol. The highest BCUT2D eigenvalue weighted by Crippen LogP contribution is 2.15. The summed E-state index contributed by atoms with van der Waals surface area (Å²) in [7, 11) is 0. The molecule has 0 aliphatic rings. The van der Waals surface area contributed by atoms with E-state index in [2.05, 4.69) is 83.8 Å². The smallest absolute Gasteiger partial charge is 0.0547 e. The molecule has 0 radical (unpaired) electrons. The molecule has 3 heteroatoms. The lowest BCUT2D eigenvalue weighted by molar-refractivity contribution is 0.581. The Kier molecular flexibility index (Phi) is 5.24. The fourth-order valence-electron chi connectivity index (χ4n) is 2.52. The third-order valence-corrected chi connectivity index (χ3v) is 3.76. The molecular formula is C21H23N3. The van der Waals surface area contributed by atoms with Crippen LogP contribution in [0.5, 0.6) is 0 Å². The number of benzene rings is 1. The Balaban J connectivity index is 1.64. The molecule has 2 aromatic heterocycles. The van der Waals surface area contributed by atoms with Crippen LogP contribution in [0, 0.1) is 0 Å².